The van der Waals surface area contributed by atoms with Crippen molar-refractivity contribution in [2.24, 2.45) is 5.92 Å². The molecule has 1 fully saturated rings. The molecule has 3 aromatic carbocycles. The van der Waals surface area contributed by atoms with Gasteiger partial charge in [-0.25, -0.2) is 22.0 Å². The van der Waals surface area contributed by atoms with E-state index in [1.165, 1.54) is 36.4 Å². The molecule has 0 aromatic heterocycles. The lowest BCUT2D eigenvalue weighted by atomic mass is 9.92. The second-order valence-electron chi connectivity index (χ2n) is 10.0. The first-order valence-electron chi connectivity index (χ1n) is 13.3. The van der Waals surface area contributed by atoms with Gasteiger partial charge in [-0.3, -0.25) is 0 Å². The Kier molecular flexibility index (Phi) is 9.37. The maximum absolute atomic E-state index is 15.1. The molecule has 0 N–H and O–H groups in total. The molecule has 0 radical (unpaired) electrons. The van der Waals surface area contributed by atoms with Crippen molar-refractivity contribution in [3.05, 3.63) is 95.3 Å². The molecule has 0 aliphatic carbocycles. The largest absolute Gasteiger partial charge is 0.378 e. The highest BCUT2D eigenvalue weighted by Crippen LogP contribution is 2.35. The van der Waals surface area contributed by atoms with Crippen LogP contribution in [0.15, 0.2) is 55.1 Å². The van der Waals surface area contributed by atoms with E-state index in [2.05, 4.69) is 13.5 Å². The first kappa shape index (κ1) is 28.0. The molecule has 0 amide bonds. The van der Waals surface area contributed by atoms with Crippen LogP contribution in [0.3, 0.4) is 0 Å². The predicted octanol–water partition coefficient (Wildman–Crippen LogP) is 9.36. The van der Waals surface area contributed by atoms with Gasteiger partial charge in [0.05, 0.1) is 6.10 Å². The number of hydrogen-bond acceptors (Lipinski definition) is 1. The Morgan fingerprint density at radius 3 is 2.11 bits per heavy atom. The summed E-state index contributed by atoms with van der Waals surface area (Å²) in [6.45, 7) is 6.45. The smallest absolute Gasteiger partial charge is 0.167 e. The van der Waals surface area contributed by atoms with E-state index in [0.29, 0.717) is 37.4 Å². The number of rotatable bonds is 10. The normalized spacial score (nSPS) is 17.5. The minimum absolute atomic E-state index is 0.00483. The van der Waals surface area contributed by atoms with Crippen LogP contribution in [0.1, 0.15) is 56.6 Å². The fourth-order valence-corrected chi connectivity index (χ4v) is 5.19. The molecular formula is C32H33F5O. The van der Waals surface area contributed by atoms with E-state index in [1.807, 2.05) is 0 Å². The number of allylic oxidation sites excluding steroid dienone is 1. The summed E-state index contributed by atoms with van der Waals surface area (Å²) in [5.74, 6) is -4.83. The molecule has 1 aliphatic rings. The van der Waals surface area contributed by atoms with E-state index in [9.17, 15) is 8.78 Å². The summed E-state index contributed by atoms with van der Waals surface area (Å²) in [6, 6.07) is 9.31. The molecule has 2 unspecified atom stereocenters. The van der Waals surface area contributed by atoms with Crippen LogP contribution >= 0.6 is 0 Å². The van der Waals surface area contributed by atoms with Gasteiger partial charge in [-0.2, -0.15) is 0 Å². The number of aryl methyl sites for hydroxylation is 2. The SMILES string of the molecule is C=CCCc1ccc(-c2ccc(-c3ccc(CCC4CCC(CCC)CO4)c(F)c3F)c(F)c2F)cc1F. The van der Waals surface area contributed by atoms with Gasteiger partial charge in [-0.1, -0.05) is 55.8 Å². The fraction of sp³-hybridized carbons (Fsp3) is 0.375. The zero-order valence-corrected chi connectivity index (χ0v) is 21.6. The predicted molar refractivity (Wildman–Crippen MR) is 141 cm³/mol. The first-order valence-corrected chi connectivity index (χ1v) is 13.3. The van der Waals surface area contributed by atoms with Crippen molar-refractivity contribution in [1.29, 1.82) is 0 Å². The van der Waals surface area contributed by atoms with Gasteiger partial charge in [0.2, 0.25) is 0 Å². The van der Waals surface area contributed by atoms with Gasteiger partial charge in [0.1, 0.15) is 5.82 Å². The number of hydrogen-bond donors (Lipinski definition) is 0. The van der Waals surface area contributed by atoms with Crippen molar-refractivity contribution in [2.45, 2.75) is 64.4 Å². The zero-order valence-electron chi connectivity index (χ0n) is 21.6. The molecule has 38 heavy (non-hydrogen) atoms. The highest BCUT2D eigenvalue weighted by Gasteiger charge is 2.24. The Morgan fingerprint density at radius 1 is 0.789 bits per heavy atom. The van der Waals surface area contributed by atoms with Crippen LogP contribution in [0.2, 0.25) is 0 Å². The Hall–Kier alpha value is -2.99. The molecule has 3 aromatic rings. The molecule has 0 saturated carbocycles. The summed E-state index contributed by atoms with van der Waals surface area (Å²) < 4.78 is 80.4. The van der Waals surface area contributed by atoms with Crippen LogP contribution in [-0.2, 0) is 17.6 Å². The van der Waals surface area contributed by atoms with Gasteiger partial charge in [-0.15, -0.1) is 6.58 Å². The van der Waals surface area contributed by atoms with Crippen LogP contribution in [0.4, 0.5) is 22.0 Å². The lowest BCUT2D eigenvalue weighted by Gasteiger charge is -2.29. The third kappa shape index (κ3) is 6.17. The third-order valence-electron chi connectivity index (χ3n) is 7.41. The molecule has 1 heterocycles. The molecule has 4 rings (SSSR count). The van der Waals surface area contributed by atoms with Crippen molar-refractivity contribution in [2.75, 3.05) is 6.61 Å². The van der Waals surface area contributed by atoms with Gasteiger partial charge in [0.15, 0.2) is 23.3 Å². The Balaban J connectivity index is 1.51. The summed E-state index contributed by atoms with van der Waals surface area (Å²) in [6.07, 6.45) is 7.77. The van der Waals surface area contributed by atoms with Gasteiger partial charge in [0, 0.05) is 23.3 Å². The highest BCUT2D eigenvalue weighted by molar-refractivity contribution is 5.72. The van der Waals surface area contributed by atoms with E-state index in [0.717, 1.165) is 31.7 Å². The quantitative estimate of drug-likeness (QED) is 0.188. The van der Waals surface area contributed by atoms with Crippen LogP contribution < -0.4 is 0 Å². The van der Waals surface area contributed by atoms with Crippen molar-refractivity contribution >= 4 is 0 Å². The van der Waals surface area contributed by atoms with Crippen molar-refractivity contribution in [3.8, 4) is 22.3 Å². The molecule has 1 nitrogen and oxygen atoms in total. The Morgan fingerprint density at radius 2 is 1.45 bits per heavy atom. The number of halogens is 5. The van der Waals surface area contributed by atoms with Gasteiger partial charge in [-0.05, 0) is 73.6 Å². The van der Waals surface area contributed by atoms with Crippen LogP contribution in [-0.4, -0.2) is 12.7 Å². The minimum atomic E-state index is -1.32. The maximum Gasteiger partial charge on any atom is 0.167 e. The van der Waals surface area contributed by atoms with Gasteiger partial charge in [0.25, 0.3) is 0 Å². The van der Waals surface area contributed by atoms with E-state index in [4.69, 9.17) is 4.74 Å². The number of ether oxygens (including phenoxy) is 1. The van der Waals surface area contributed by atoms with E-state index < -0.39 is 34.6 Å². The van der Waals surface area contributed by atoms with Crippen LogP contribution in [0.25, 0.3) is 22.3 Å². The lowest BCUT2D eigenvalue weighted by Crippen LogP contribution is -2.26. The van der Waals surface area contributed by atoms with E-state index >= 15 is 13.2 Å². The molecule has 0 spiro atoms. The highest BCUT2D eigenvalue weighted by atomic mass is 19.2. The third-order valence-corrected chi connectivity index (χ3v) is 7.41. The zero-order chi connectivity index (χ0) is 27.2. The molecule has 1 aliphatic heterocycles. The lowest BCUT2D eigenvalue weighted by molar-refractivity contribution is -0.0216. The molecule has 6 heteroatoms. The summed E-state index contributed by atoms with van der Waals surface area (Å²) in [7, 11) is 0. The molecule has 202 valence electrons. The Bertz CT molecular complexity index is 1280. The fourth-order valence-electron chi connectivity index (χ4n) is 5.19. The topological polar surface area (TPSA) is 9.23 Å². The minimum Gasteiger partial charge on any atom is -0.378 e. The average molecular weight is 529 g/mol. The second kappa shape index (κ2) is 12.7. The molecule has 2 atom stereocenters. The van der Waals surface area contributed by atoms with Gasteiger partial charge < -0.3 is 4.74 Å². The standard InChI is InChI=1S/C32H33F5O/c1-3-5-7-21-9-10-23(18-28(21)33)25-16-17-27(32(37)30(25)35)26-15-12-22(29(34)31(26)36)11-14-24-13-8-20(6-4-2)19-38-24/h3,9-10,12,15-18,20,24H,1,4-8,11,13-14,19H2,2H3. The average Bonchev–Trinajstić information content (AvgIpc) is 2.92. The van der Waals surface area contributed by atoms with Crippen molar-refractivity contribution < 1.29 is 26.7 Å². The summed E-state index contributed by atoms with van der Waals surface area (Å²) in [4.78, 5) is 0. The molecule has 0 bridgehead atoms. The van der Waals surface area contributed by atoms with Crippen molar-refractivity contribution in [3.63, 3.8) is 0 Å². The van der Waals surface area contributed by atoms with E-state index in [-0.39, 0.29) is 34.8 Å². The Labute approximate surface area is 221 Å². The summed E-state index contributed by atoms with van der Waals surface area (Å²) >= 11 is 0. The van der Waals surface area contributed by atoms with Crippen LogP contribution in [0, 0.1) is 35.0 Å². The monoisotopic (exact) mass is 528 g/mol. The summed E-state index contributed by atoms with van der Waals surface area (Å²) in [5, 5.41) is 0. The summed E-state index contributed by atoms with van der Waals surface area (Å²) in [5.41, 5.74) is -0.145. The first-order chi connectivity index (χ1) is 18.3. The van der Waals surface area contributed by atoms with Gasteiger partial charge >= 0.3 is 0 Å². The van der Waals surface area contributed by atoms with E-state index in [1.54, 1.807) is 6.08 Å². The molecule has 1 saturated heterocycles. The van der Waals surface area contributed by atoms with Crippen LogP contribution in [0.5, 0.6) is 0 Å². The maximum atomic E-state index is 15.1. The second-order valence-corrected chi connectivity index (χ2v) is 10.0. The van der Waals surface area contributed by atoms with Crippen molar-refractivity contribution in [1.82, 2.24) is 0 Å². The molecular weight excluding hydrogens is 495 g/mol. The number of benzene rings is 3.